The molecule has 5 heterocycles. The minimum Gasteiger partial charge on any atom is -0.386 e. The van der Waals surface area contributed by atoms with Crippen LogP contribution in [0.25, 0.3) is 0 Å². The van der Waals surface area contributed by atoms with Crippen LogP contribution in [0.15, 0.2) is 11.6 Å². The van der Waals surface area contributed by atoms with Crippen LogP contribution >= 0.6 is 21.6 Å². The van der Waals surface area contributed by atoms with Crippen LogP contribution < -0.4 is 0 Å². The van der Waals surface area contributed by atoms with Crippen molar-refractivity contribution in [3.63, 3.8) is 0 Å². The molecule has 6 unspecified atom stereocenters. The van der Waals surface area contributed by atoms with Gasteiger partial charge in [0.15, 0.2) is 9.74 Å². The molecule has 0 aromatic heterocycles. The number of carbonyl (C=O) groups is 2. The van der Waals surface area contributed by atoms with Gasteiger partial charge >= 0.3 is 0 Å². The van der Waals surface area contributed by atoms with Crippen LogP contribution in [-0.2, 0) is 14.3 Å². The summed E-state index contributed by atoms with van der Waals surface area (Å²) in [4.78, 5) is 27.5. The highest BCUT2D eigenvalue weighted by Crippen LogP contribution is 2.65. The van der Waals surface area contributed by atoms with Gasteiger partial charge in [0.2, 0.25) is 0 Å². The average Bonchev–Trinajstić information content (AvgIpc) is 3.17. The van der Waals surface area contributed by atoms with Crippen LogP contribution in [0.2, 0.25) is 0 Å². The molecule has 6 nitrogen and oxygen atoms in total. The van der Waals surface area contributed by atoms with Crippen LogP contribution in [-0.4, -0.2) is 67.9 Å². The second kappa shape index (κ2) is 3.45. The molecular weight excluding hydrogens is 312 g/mol. The number of aliphatic hydroxyl groups excluding tert-OH is 1. The molecule has 5 fully saturated rings. The summed E-state index contributed by atoms with van der Waals surface area (Å²) >= 11 is 0. The number of likely N-dealkylation sites (N-methyl/N-ethyl adjacent to an activating group) is 1. The lowest BCUT2D eigenvalue weighted by atomic mass is 9.92. The summed E-state index contributed by atoms with van der Waals surface area (Å²) in [5, 5.41) is 9.99. The lowest BCUT2D eigenvalue weighted by Gasteiger charge is -2.57. The molecule has 6 rings (SSSR count). The first-order valence-electron chi connectivity index (χ1n) is 6.93. The second-order valence-corrected chi connectivity index (χ2v) is 9.20. The van der Waals surface area contributed by atoms with Crippen molar-refractivity contribution in [1.82, 2.24) is 9.80 Å². The van der Waals surface area contributed by atoms with E-state index in [-0.39, 0.29) is 30.1 Å². The van der Waals surface area contributed by atoms with E-state index >= 15 is 0 Å². The molecular formula is C13H14N2O4S2. The molecule has 21 heavy (non-hydrogen) atoms. The van der Waals surface area contributed by atoms with Gasteiger partial charge in [-0.2, -0.15) is 0 Å². The van der Waals surface area contributed by atoms with Gasteiger partial charge in [-0.05, 0) is 12.5 Å². The standard InChI is InChI=1S/C13H14N2O4S2/c1-12-10(17)15-7-5(3-6(16)8-9(7)19-8)4-13(15,21-20-12)11(18)14(12)2/h3,6-9,16H,4H2,1-2H3. The molecule has 2 amide bonds. The van der Waals surface area contributed by atoms with Crippen molar-refractivity contribution in [3.8, 4) is 0 Å². The predicted molar refractivity (Wildman–Crippen MR) is 77.1 cm³/mol. The van der Waals surface area contributed by atoms with Gasteiger partial charge in [0.1, 0.15) is 18.3 Å². The summed E-state index contributed by atoms with van der Waals surface area (Å²) < 4.78 is 5.56. The van der Waals surface area contributed by atoms with Gasteiger partial charge in [0.25, 0.3) is 11.8 Å². The highest BCUT2D eigenvalue weighted by atomic mass is 33.1. The number of carbonyl (C=O) groups excluding carboxylic acids is 2. The predicted octanol–water partition coefficient (Wildman–Crippen LogP) is -0.0649. The molecule has 1 spiro atoms. The summed E-state index contributed by atoms with van der Waals surface area (Å²) in [6.07, 6.45) is 1.28. The quantitative estimate of drug-likeness (QED) is 0.382. The zero-order valence-corrected chi connectivity index (χ0v) is 13.1. The van der Waals surface area contributed by atoms with Crippen molar-refractivity contribution in [2.24, 2.45) is 0 Å². The molecule has 0 aromatic carbocycles. The van der Waals surface area contributed by atoms with Crippen molar-refractivity contribution >= 4 is 33.4 Å². The molecule has 6 atom stereocenters. The number of hydrogen-bond donors (Lipinski definition) is 1. The fourth-order valence-corrected chi connectivity index (χ4v) is 7.45. The smallest absolute Gasteiger partial charge is 0.261 e. The maximum absolute atomic E-state index is 13.0. The average molecular weight is 326 g/mol. The van der Waals surface area contributed by atoms with E-state index in [1.165, 1.54) is 21.6 Å². The molecule has 8 heteroatoms. The van der Waals surface area contributed by atoms with E-state index in [4.69, 9.17) is 4.74 Å². The number of epoxide rings is 1. The Labute approximate surface area is 129 Å². The van der Waals surface area contributed by atoms with Crippen LogP contribution in [0.5, 0.6) is 0 Å². The van der Waals surface area contributed by atoms with Gasteiger partial charge in [-0.25, -0.2) is 0 Å². The number of aliphatic hydroxyl groups is 1. The number of nitrogens with zero attached hydrogens (tertiary/aromatic N) is 2. The fraction of sp³-hybridized carbons (Fsp3) is 0.692. The van der Waals surface area contributed by atoms with E-state index in [1.807, 2.05) is 0 Å². The Balaban J connectivity index is 1.70. The zero-order chi connectivity index (χ0) is 14.7. The first kappa shape index (κ1) is 12.8. The van der Waals surface area contributed by atoms with E-state index in [9.17, 15) is 14.7 Å². The van der Waals surface area contributed by atoms with E-state index in [2.05, 4.69) is 0 Å². The number of fused-ring (bicyclic) bond motifs is 5. The Morgan fingerprint density at radius 2 is 2.10 bits per heavy atom. The first-order chi connectivity index (χ1) is 9.90. The largest absolute Gasteiger partial charge is 0.386 e. The Morgan fingerprint density at radius 1 is 1.33 bits per heavy atom. The molecule has 5 saturated heterocycles. The van der Waals surface area contributed by atoms with Crippen molar-refractivity contribution in [2.75, 3.05) is 7.05 Å². The third-order valence-corrected chi connectivity index (χ3v) is 9.02. The highest BCUT2D eigenvalue weighted by Gasteiger charge is 2.74. The van der Waals surface area contributed by atoms with E-state index < -0.39 is 15.8 Å². The summed E-state index contributed by atoms with van der Waals surface area (Å²) in [5.74, 6) is -0.0391. The number of hydrogen-bond acceptors (Lipinski definition) is 6. The maximum Gasteiger partial charge on any atom is 0.261 e. The SMILES string of the molecule is CN1C(=O)C23CC4=CC(O)C5OC5C4N2C(=O)C1(C)SS3. The van der Waals surface area contributed by atoms with Gasteiger partial charge in [-0.1, -0.05) is 27.7 Å². The molecule has 1 aliphatic carbocycles. The van der Waals surface area contributed by atoms with Crippen molar-refractivity contribution in [2.45, 2.75) is 47.4 Å². The number of rotatable bonds is 0. The summed E-state index contributed by atoms with van der Waals surface area (Å²) in [6.45, 7) is 1.80. The highest BCUT2D eigenvalue weighted by molar-refractivity contribution is 8.78. The van der Waals surface area contributed by atoms with Crippen LogP contribution in [0, 0.1) is 0 Å². The Kier molecular flexibility index (Phi) is 2.10. The van der Waals surface area contributed by atoms with E-state index in [0.29, 0.717) is 6.42 Å². The van der Waals surface area contributed by atoms with E-state index in [1.54, 1.807) is 29.8 Å². The Bertz CT molecular complexity index is 640. The monoisotopic (exact) mass is 326 g/mol. The maximum atomic E-state index is 13.0. The molecule has 0 radical (unpaired) electrons. The fourth-order valence-electron chi connectivity index (χ4n) is 3.99. The molecule has 112 valence electrons. The number of ether oxygens (including phenoxy) is 1. The van der Waals surface area contributed by atoms with Gasteiger partial charge in [-0.15, -0.1) is 0 Å². The third-order valence-electron chi connectivity index (χ3n) is 5.32. The molecule has 1 N–H and O–H groups in total. The normalized spacial score (nSPS) is 53.4. The van der Waals surface area contributed by atoms with Gasteiger partial charge in [0.05, 0.1) is 6.04 Å². The Hall–Kier alpha value is -0.700. The topological polar surface area (TPSA) is 73.4 Å². The van der Waals surface area contributed by atoms with Crippen molar-refractivity contribution in [1.29, 1.82) is 0 Å². The zero-order valence-electron chi connectivity index (χ0n) is 11.5. The van der Waals surface area contributed by atoms with Crippen LogP contribution in [0.1, 0.15) is 13.3 Å². The summed E-state index contributed by atoms with van der Waals surface area (Å²) in [7, 11) is 4.65. The molecule has 2 bridgehead atoms. The minimum absolute atomic E-state index is 0.0182. The van der Waals surface area contributed by atoms with Gasteiger partial charge in [0, 0.05) is 13.5 Å². The summed E-state index contributed by atoms with van der Waals surface area (Å²) in [5.41, 5.74) is 0.968. The lowest BCUT2D eigenvalue weighted by Crippen LogP contribution is -2.75. The van der Waals surface area contributed by atoms with Gasteiger partial charge < -0.3 is 19.6 Å². The first-order valence-corrected chi connectivity index (χ1v) is 9.08. The van der Waals surface area contributed by atoms with Crippen LogP contribution in [0.3, 0.4) is 0 Å². The lowest BCUT2D eigenvalue weighted by molar-refractivity contribution is -0.164. The van der Waals surface area contributed by atoms with Crippen molar-refractivity contribution in [3.05, 3.63) is 11.6 Å². The van der Waals surface area contributed by atoms with Crippen molar-refractivity contribution < 1.29 is 19.4 Å². The molecule has 6 aliphatic rings. The van der Waals surface area contributed by atoms with E-state index in [0.717, 1.165) is 5.57 Å². The molecule has 5 aliphatic heterocycles. The number of amides is 2. The minimum atomic E-state index is -0.856. The number of piperazine rings is 1. The summed E-state index contributed by atoms with van der Waals surface area (Å²) in [6, 6.07) is -0.184. The van der Waals surface area contributed by atoms with Gasteiger partial charge in [-0.3, -0.25) is 9.59 Å². The Morgan fingerprint density at radius 3 is 2.86 bits per heavy atom. The second-order valence-electron chi connectivity index (χ2n) is 6.39. The molecule has 0 aromatic rings. The third kappa shape index (κ3) is 1.20. The molecule has 0 saturated carbocycles. The van der Waals surface area contributed by atoms with Crippen LogP contribution in [0.4, 0.5) is 0 Å².